The number of benzene rings is 1. The number of rotatable bonds is 18. The van der Waals surface area contributed by atoms with Gasteiger partial charge in [0.1, 0.15) is 23.5 Å². The van der Waals surface area contributed by atoms with Crippen molar-refractivity contribution < 1.29 is 14.3 Å². The zero-order valence-corrected chi connectivity index (χ0v) is 21.2. The van der Waals surface area contributed by atoms with Crippen LogP contribution in [-0.4, -0.2) is 26.0 Å². The summed E-state index contributed by atoms with van der Waals surface area (Å²) >= 11 is 23.6. The Morgan fingerprint density at radius 1 is 0.871 bits per heavy atom. The van der Waals surface area contributed by atoms with E-state index in [1.54, 1.807) is 12.1 Å². The van der Waals surface area contributed by atoms with Crippen LogP contribution in [0.4, 0.5) is 0 Å². The summed E-state index contributed by atoms with van der Waals surface area (Å²) in [6.07, 6.45) is 14.9. The largest absolute Gasteiger partial charge is 0.490 e. The first-order valence-electron chi connectivity index (χ1n) is 10.9. The van der Waals surface area contributed by atoms with E-state index in [2.05, 4.69) is 12.1 Å². The van der Waals surface area contributed by atoms with Gasteiger partial charge in [0, 0.05) is 18.3 Å². The molecule has 8 heteroatoms. The zero-order chi connectivity index (χ0) is 22.7. The van der Waals surface area contributed by atoms with Gasteiger partial charge in [-0.1, -0.05) is 90.6 Å². The van der Waals surface area contributed by atoms with Crippen molar-refractivity contribution in [2.45, 2.75) is 71.1 Å². The number of ether oxygens (including phenoxy) is 2. The summed E-state index contributed by atoms with van der Waals surface area (Å²) in [5.41, 5.74) is 0. The summed E-state index contributed by atoms with van der Waals surface area (Å²) < 4.78 is 11.3. The van der Waals surface area contributed by atoms with Crippen LogP contribution < -0.4 is 9.47 Å². The summed E-state index contributed by atoms with van der Waals surface area (Å²) in [4.78, 5) is 5.29. The Balaban J connectivity index is 2.09. The summed E-state index contributed by atoms with van der Waals surface area (Å²) in [6.45, 7) is 3.59. The van der Waals surface area contributed by atoms with Crippen LogP contribution in [0.25, 0.3) is 0 Å². The zero-order valence-electron chi connectivity index (χ0n) is 18.2. The maximum atomic E-state index is 6.25. The molecule has 1 aromatic carbocycles. The van der Waals surface area contributed by atoms with E-state index in [0.717, 1.165) is 25.7 Å². The molecule has 0 atom stereocenters. The van der Waals surface area contributed by atoms with Gasteiger partial charge in [-0.3, -0.25) is 0 Å². The number of oxime groups is 1. The molecule has 0 fully saturated rings. The molecule has 0 aliphatic rings. The Hall–Kier alpha value is -0.810. The van der Waals surface area contributed by atoms with E-state index in [0.29, 0.717) is 34.8 Å². The van der Waals surface area contributed by atoms with Crippen molar-refractivity contribution in [2.75, 3.05) is 19.8 Å². The Kier molecular flexibility index (Phi) is 17.1. The molecule has 0 heterocycles. The molecule has 1 aromatic rings. The maximum absolute atomic E-state index is 6.25. The van der Waals surface area contributed by atoms with Crippen molar-refractivity contribution >= 4 is 52.6 Å². The van der Waals surface area contributed by atoms with Crippen LogP contribution in [0.3, 0.4) is 0 Å². The minimum atomic E-state index is 0.141. The molecule has 1 rings (SSSR count). The summed E-state index contributed by atoms with van der Waals surface area (Å²) in [7, 11) is 0. The highest BCUT2D eigenvalue weighted by Crippen LogP contribution is 2.37. The lowest BCUT2D eigenvalue weighted by molar-refractivity contribution is 0.139. The molecule has 176 valence electrons. The lowest BCUT2D eigenvalue weighted by Gasteiger charge is -2.12. The maximum Gasteiger partial charge on any atom is 0.156 e. The predicted octanol–water partition coefficient (Wildman–Crippen LogP) is 8.99. The van der Waals surface area contributed by atoms with Crippen LogP contribution >= 0.6 is 46.4 Å². The first kappa shape index (κ1) is 28.2. The standard InChI is InChI=1S/C23H33Cl4NO3/c1-2-3-4-5-6-7-9-13-28-31-15-11-8-10-14-30-23-20(24)17-19(18-21(23)25)29-16-12-22(26)27/h12-13,17-18H,2-11,14-16H2,1H3. The third kappa shape index (κ3) is 14.8. The topological polar surface area (TPSA) is 40.0 Å². The lowest BCUT2D eigenvalue weighted by Crippen LogP contribution is -2.00. The molecule has 0 aliphatic heterocycles. The highest BCUT2D eigenvalue weighted by atomic mass is 35.5. The molecule has 4 nitrogen and oxygen atoms in total. The number of hydrogen-bond donors (Lipinski definition) is 0. The molecular weight excluding hydrogens is 480 g/mol. The second-order valence-corrected chi connectivity index (χ2v) is 8.93. The Bertz CT molecular complexity index is 641. The van der Waals surface area contributed by atoms with Gasteiger partial charge in [0.2, 0.25) is 0 Å². The van der Waals surface area contributed by atoms with Crippen LogP contribution in [-0.2, 0) is 4.84 Å². The molecule has 0 aliphatic carbocycles. The predicted molar refractivity (Wildman–Crippen MR) is 134 cm³/mol. The summed E-state index contributed by atoms with van der Waals surface area (Å²) in [5, 5.41) is 4.80. The van der Waals surface area contributed by atoms with Crippen LogP contribution in [0.5, 0.6) is 11.5 Å². The molecule has 0 spiro atoms. The fourth-order valence-corrected chi connectivity index (χ4v) is 3.45. The molecular formula is C23H33Cl4NO3. The molecule has 0 aromatic heterocycles. The van der Waals surface area contributed by atoms with Crippen molar-refractivity contribution in [2.24, 2.45) is 5.16 Å². The van der Waals surface area contributed by atoms with Gasteiger partial charge in [0.05, 0.1) is 16.7 Å². The van der Waals surface area contributed by atoms with Crippen molar-refractivity contribution in [1.82, 2.24) is 0 Å². The quantitative estimate of drug-likeness (QED) is 0.112. The number of hydrogen-bond acceptors (Lipinski definition) is 4. The van der Waals surface area contributed by atoms with Crippen LogP contribution in [0, 0.1) is 0 Å². The first-order chi connectivity index (χ1) is 15.0. The van der Waals surface area contributed by atoms with E-state index >= 15 is 0 Å². The van der Waals surface area contributed by atoms with Crippen molar-refractivity contribution in [1.29, 1.82) is 0 Å². The molecule has 0 amide bonds. The second kappa shape index (κ2) is 18.7. The van der Waals surface area contributed by atoms with Gasteiger partial charge in [-0.05, 0) is 38.2 Å². The van der Waals surface area contributed by atoms with E-state index < -0.39 is 0 Å². The fraction of sp³-hybridized carbons (Fsp3) is 0.609. The van der Waals surface area contributed by atoms with Crippen molar-refractivity contribution in [3.63, 3.8) is 0 Å². The van der Waals surface area contributed by atoms with Gasteiger partial charge in [-0.15, -0.1) is 0 Å². The van der Waals surface area contributed by atoms with E-state index in [-0.39, 0.29) is 11.1 Å². The van der Waals surface area contributed by atoms with E-state index in [9.17, 15) is 0 Å². The third-order valence-corrected chi connectivity index (χ3v) is 5.29. The molecule has 31 heavy (non-hydrogen) atoms. The van der Waals surface area contributed by atoms with E-state index in [1.807, 2.05) is 6.21 Å². The Morgan fingerprint density at radius 2 is 1.52 bits per heavy atom. The van der Waals surface area contributed by atoms with E-state index in [4.69, 9.17) is 60.7 Å². The number of unbranched alkanes of at least 4 members (excludes halogenated alkanes) is 8. The third-order valence-electron chi connectivity index (χ3n) is 4.42. The first-order valence-corrected chi connectivity index (χ1v) is 12.4. The Labute approximate surface area is 206 Å². The minimum absolute atomic E-state index is 0.141. The number of nitrogens with zero attached hydrogens (tertiary/aromatic N) is 1. The lowest BCUT2D eigenvalue weighted by atomic mass is 10.1. The van der Waals surface area contributed by atoms with Crippen LogP contribution in [0.2, 0.25) is 10.0 Å². The smallest absolute Gasteiger partial charge is 0.156 e. The van der Waals surface area contributed by atoms with Gasteiger partial charge in [0.25, 0.3) is 0 Å². The van der Waals surface area contributed by atoms with Crippen LogP contribution in [0.1, 0.15) is 71.1 Å². The van der Waals surface area contributed by atoms with Gasteiger partial charge in [-0.2, -0.15) is 0 Å². The SMILES string of the molecule is CCCCCCCCC=NOCCCCCOc1c(Cl)cc(OCC=C(Cl)Cl)cc1Cl. The molecule has 0 unspecified atom stereocenters. The number of halogens is 4. The monoisotopic (exact) mass is 511 g/mol. The second-order valence-electron chi connectivity index (χ2n) is 7.11. The van der Waals surface area contributed by atoms with Gasteiger partial charge >= 0.3 is 0 Å². The Morgan fingerprint density at radius 3 is 2.23 bits per heavy atom. The normalized spacial score (nSPS) is 11.0. The molecule has 0 N–H and O–H groups in total. The van der Waals surface area contributed by atoms with Crippen molar-refractivity contribution in [3.8, 4) is 11.5 Å². The van der Waals surface area contributed by atoms with Gasteiger partial charge < -0.3 is 14.3 Å². The average molecular weight is 513 g/mol. The minimum Gasteiger partial charge on any atom is -0.490 e. The van der Waals surface area contributed by atoms with Gasteiger partial charge in [-0.25, -0.2) is 0 Å². The molecule has 0 saturated heterocycles. The van der Waals surface area contributed by atoms with Gasteiger partial charge in [0.15, 0.2) is 5.75 Å². The summed E-state index contributed by atoms with van der Waals surface area (Å²) in [5.74, 6) is 0.972. The average Bonchev–Trinajstić information content (AvgIpc) is 2.72. The highest BCUT2D eigenvalue weighted by molar-refractivity contribution is 6.55. The van der Waals surface area contributed by atoms with Crippen molar-refractivity contribution in [3.05, 3.63) is 32.7 Å². The fourth-order valence-electron chi connectivity index (χ4n) is 2.75. The summed E-state index contributed by atoms with van der Waals surface area (Å²) in [6, 6.07) is 3.30. The highest BCUT2D eigenvalue weighted by Gasteiger charge is 2.10. The van der Waals surface area contributed by atoms with E-state index in [1.165, 1.54) is 44.6 Å². The molecule has 0 saturated carbocycles. The molecule has 0 radical (unpaired) electrons. The molecule has 0 bridgehead atoms. The van der Waals surface area contributed by atoms with Crippen LogP contribution in [0.15, 0.2) is 27.9 Å².